The van der Waals surface area contributed by atoms with Crippen molar-refractivity contribution < 1.29 is 4.79 Å². The Kier molecular flexibility index (Phi) is 6.89. The van der Waals surface area contributed by atoms with Gasteiger partial charge < -0.3 is 0 Å². The number of carbonyl (C=O) groups is 1. The number of para-hydroxylation sites is 1. The normalized spacial score (nSPS) is 11.1. The van der Waals surface area contributed by atoms with Crippen molar-refractivity contribution in [2.75, 3.05) is 0 Å². The molecule has 37 heavy (non-hydrogen) atoms. The molecule has 0 N–H and O–H groups in total. The number of carbonyl (C=O) groups excluding carboxylic acids is 1. The minimum Gasteiger partial charge on any atom is -0.291 e. The maximum atomic E-state index is 13.5. The molecule has 0 saturated heterocycles. The van der Waals surface area contributed by atoms with Gasteiger partial charge in [0.15, 0.2) is 0 Å². The highest BCUT2D eigenvalue weighted by molar-refractivity contribution is 5.96. The van der Waals surface area contributed by atoms with E-state index in [0.29, 0.717) is 17.8 Å². The highest BCUT2D eigenvalue weighted by Crippen LogP contribution is 2.26. The fraction of sp³-hybridized carbons (Fsp3) is 0.207. The fourth-order valence-electron chi connectivity index (χ4n) is 4.64. The lowest BCUT2D eigenvalue weighted by Gasteiger charge is -2.11. The standard InChI is InChI=1S/C29H28N6O2/c1-3-4-13-26-21(2)35(28(36)24-10-6-5-7-11-24)29(37)33(26)19-22-15-17-23(18-16-22)25-12-8-9-14-27(25)34-20-30-31-32-34/h5-12,14-18,20H,3-4,13,19H2,1-2H3. The molecule has 2 aromatic heterocycles. The third-order valence-electron chi connectivity index (χ3n) is 6.60. The van der Waals surface area contributed by atoms with Crippen LogP contribution in [0.15, 0.2) is 90.0 Å². The van der Waals surface area contributed by atoms with Crippen LogP contribution in [-0.2, 0) is 13.0 Å². The van der Waals surface area contributed by atoms with Crippen LogP contribution in [0, 0.1) is 6.92 Å². The van der Waals surface area contributed by atoms with Crippen LogP contribution in [0.4, 0.5) is 0 Å². The first-order valence-electron chi connectivity index (χ1n) is 12.4. The van der Waals surface area contributed by atoms with Crippen molar-refractivity contribution in [2.24, 2.45) is 0 Å². The molecule has 0 aliphatic rings. The Balaban J connectivity index is 1.49. The number of unbranched alkanes of at least 4 members (excludes halogenated alkanes) is 1. The first-order valence-corrected chi connectivity index (χ1v) is 12.4. The van der Waals surface area contributed by atoms with Crippen LogP contribution in [0.1, 0.15) is 47.1 Å². The van der Waals surface area contributed by atoms with E-state index in [9.17, 15) is 9.59 Å². The summed E-state index contributed by atoms with van der Waals surface area (Å²) in [6.07, 6.45) is 4.25. The summed E-state index contributed by atoms with van der Waals surface area (Å²) in [6.45, 7) is 4.38. The highest BCUT2D eigenvalue weighted by atomic mass is 16.2. The van der Waals surface area contributed by atoms with Gasteiger partial charge in [-0.2, -0.15) is 4.68 Å². The van der Waals surface area contributed by atoms with Gasteiger partial charge in [-0.25, -0.2) is 9.36 Å². The molecule has 0 fully saturated rings. The number of benzene rings is 3. The number of hydrogen-bond acceptors (Lipinski definition) is 5. The molecular formula is C29H28N6O2. The number of imidazole rings is 1. The first kappa shape index (κ1) is 24.1. The van der Waals surface area contributed by atoms with Gasteiger partial charge in [-0.1, -0.05) is 74.0 Å². The number of nitrogens with zero attached hydrogens (tertiary/aromatic N) is 6. The Morgan fingerprint density at radius 3 is 2.35 bits per heavy atom. The third kappa shape index (κ3) is 4.78. The van der Waals surface area contributed by atoms with Crippen LogP contribution in [0.3, 0.4) is 0 Å². The summed E-state index contributed by atoms with van der Waals surface area (Å²) in [5, 5.41) is 11.5. The minimum atomic E-state index is -0.300. The summed E-state index contributed by atoms with van der Waals surface area (Å²) in [4.78, 5) is 26.8. The predicted molar refractivity (Wildman–Crippen MR) is 142 cm³/mol. The molecule has 0 aliphatic carbocycles. The smallest absolute Gasteiger partial charge is 0.291 e. The molecule has 3 aromatic carbocycles. The van der Waals surface area contributed by atoms with E-state index in [1.54, 1.807) is 27.7 Å². The Hall–Kier alpha value is -4.59. The number of hydrogen-bond donors (Lipinski definition) is 0. The second kappa shape index (κ2) is 10.6. The summed E-state index contributed by atoms with van der Waals surface area (Å²) >= 11 is 0. The fourth-order valence-corrected chi connectivity index (χ4v) is 4.64. The lowest BCUT2D eigenvalue weighted by molar-refractivity contribution is 0.0953. The van der Waals surface area contributed by atoms with E-state index in [1.807, 2.05) is 73.7 Å². The topological polar surface area (TPSA) is 87.6 Å². The van der Waals surface area contributed by atoms with Gasteiger partial charge in [-0.3, -0.25) is 9.36 Å². The quantitative estimate of drug-likeness (QED) is 0.314. The zero-order valence-electron chi connectivity index (χ0n) is 20.9. The summed E-state index contributed by atoms with van der Waals surface area (Å²) < 4.78 is 4.70. The van der Waals surface area contributed by atoms with Crippen molar-refractivity contribution in [3.05, 3.63) is 118 Å². The molecule has 8 nitrogen and oxygen atoms in total. The molecule has 0 spiro atoms. The zero-order chi connectivity index (χ0) is 25.8. The Morgan fingerprint density at radius 1 is 0.919 bits per heavy atom. The largest absolute Gasteiger partial charge is 0.336 e. The molecule has 0 unspecified atom stereocenters. The molecule has 2 heterocycles. The van der Waals surface area contributed by atoms with Gasteiger partial charge in [0.05, 0.1) is 12.2 Å². The summed E-state index contributed by atoms with van der Waals surface area (Å²) in [5.41, 5.74) is 5.68. The van der Waals surface area contributed by atoms with Crippen molar-refractivity contribution in [2.45, 2.75) is 39.7 Å². The second-order valence-corrected chi connectivity index (χ2v) is 8.98. The molecule has 0 bridgehead atoms. The molecule has 8 heteroatoms. The average Bonchev–Trinajstić information content (AvgIpc) is 3.55. The molecule has 0 amide bonds. The van der Waals surface area contributed by atoms with Crippen molar-refractivity contribution >= 4 is 5.91 Å². The Bertz CT molecular complexity index is 1570. The van der Waals surface area contributed by atoms with E-state index >= 15 is 0 Å². The zero-order valence-corrected chi connectivity index (χ0v) is 20.9. The highest BCUT2D eigenvalue weighted by Gasteiger charge is 2.22. The van der Waals surface area contributed by atoms with Gasteiger partial charge in [0.2, 0.25) is 0 Å². The molecule has 186 valence electrons. The van der Waals surface area contributed by atoms with Gasteiger partial charge in [0, 0.05) is 22.5 Å². The SMILES string of the molecule is CCCCc1c(C)n(C(=O)c2ccccc2)c(=O)n1Cc1ccc(-c2ccccc2-n2cnnn2)cc1. The summed E-state index contributed by atoms with van der Waals surface area (Å²) in [6, 6.07) is 25.0. The van der Waals surface area contributed by atoms with E-state index in [0.717, 1.165) is 47.3 Å². The van der Waals surface area contributed by atoms with E-state index in [-0.39, 0.29) is 11.6 Å². The molecule has 0 radical (unpaired) electrons. The van der Waals surface area contributed by atoms with Crippen LogP contribution >= 0.6 is 0 Å². The summed E-state index contributed by atoms with van der Waals surface area (Å²) in [5.74, 6) is -0.297. The monoisotopic (exact) mass is 492 g/mol. The maximum Gasteiger partial charge on any atom is 0.336 e. The lowest BCUT2D eigenvalue weighted by Crippen LogP contribution is -2.30. The number of rotatable bonds is 8. The maximum absolute atomic E-state index is 13.5. The lowest BCUT2D eigenvalue weighted by atomic mass is 10.0. The van der Waals surface area contributed by atoms with Gasteiger partial charge in [-0.15, -0.1) is 5.10 Å². The van der Waals surface area contributed by atoms with Crippen molar-refractivity contribution in [1.82, 2.24) is 29.3 Å². The average molecular weight is 493 g/mol. The minimum absolute atomic E-state index is 0.297. The van der Waals surface area contributed by atoms with E-state index in [2.05, 4.69) is 22.4 Å². The van der Waals surface area contributed by atoms with Gasteiger partial charge in [0.1, 0.15) is 6.33 Å². The molecule has 5 aromatic rings. The van der Waals surface area contributed by atoms with Gasteiger partial charge in [-0.05, 0) is 59.5 Å². The van der Waals surface area contributed by atoms with Gasteiger partial charge >= 0.3 is 5.69 Å². The van der Waals surface area contributed by atoms with Gasteiger partial charge in [0.25, 0.3) is 5.91 Å². The summed E-state index contributed by atoms with van der Waals surface area (Å²) in [7, 11) is 0. The molecule has 0 aliphatic heterocycles. The van der Waals surface area contributed by atoms with E-state index < -0.39 is 0 Å². The molecule has 0 saturated carbocycles. The molecular weight excluding hydrogens is 464 g/mol. The van der Waals surface area contributed by atoms with Crippen LogP contribution in [0.25, 0.3) is 16.8 Å². The van der Waals surface area contributed by atoms with Crippen LogP contribution < -0.4 is 5.69 Å². The van der Waals surface area contributed by atoms with E-state index in [1.165, 1.54) is 4.57 Å². The van der Waals surface area contributed by atoms with Crippen molar-refractivity contribution in [3.63, 3.8) is 0 Å². The van der Waals surface area contributed by atoms with Crippen LogP contribution in [0.2, 0.25) is 0 Å². The first-order chi connectivity index (χ1) is 18.1. The number of aromatic nitrogens is 6. The number of tetrazole rings is 1. The van der Waals surface area contributed by atoms with Crippen LogP contribution in [-0.4, -0.2) is 35.2 Å². The van der Waals surface area contributed by atoms with E-state index in [4.69, 9.17) is 0 Å². The van der Waals surface area contributed by atoms with Crippen molar-refractivity contribution in [3.8, 4) is 16.8 Å². The third-order valence-corrected chi connectivity index (χ3v) is 6.60. The molecule has 5 rings (SSSR count). The Labute approximate surface area is 214 Å². The predicted octanol–water partition coefficient (Wildman–Crippen LogP) is 4.68. The van der Waals surface area contributed by atoms with Crippen molar-refractivity contribution in [1.29, 1.82) is 0 Å². The second-order valence-electron chi connectivity index (χ2n) is 8.98. The van der Waals surface area contributed by atoms with Crippen LogP contribution in [0.5, 0.6) is 0 Å². The molecule has 0 atom stereocenters. The Morgan fingerprint density at radius 2 is 1.65 bits per heavy atom.